The molecule has 0 amide bonds. The molecule has 0 radical (unpaired) electrons. The van der Waals surface area contributed by atoms with Crippen LogP contribution < -0.4 is 0 Å². The third-order valence-electron chi connectivity index (χ3n) is 3.64. The number of carbonyl (C=O) groups is 1. The smallest absolute Gasteiger partial charge is 0.335 e. The number of hydrogen-bond acceptors (Lipinski definition) is 2. The molecule has 0 fully saturated rings. The van der Waals surface area contributed by atoms with Crippen molar-refractivity contribution in [2.45, 2.75) is 0 Å². The minimum absolute atomic E-state index is 0.249. The van der Waals surface area contributed by atoms with Gasteiger partial charge in [-0.3, -0.25) is 5.10 Å². The van der Waals surface area contributed by atoms with E-state index in [1.165, 1.54) is 0 Å². The molecular formula is C16H11N3O2. The molecule has 0 aliphatic heterocycles. The van der Waals surface area contributed by atoms with Crippen LogP contribution in [0.1, 0.15) is 10.4 Å². The molecule has 0 spiro atoms. The van der Waals surface area contributed by atoms with Crippen LogP contribution in [0.5, 0.6) is 0 Å². The first-order chi connectivity index (χ1) is 10.2. The van der Waals surface area contributed by atoms with Gasteiger partial charge in [0.15, 0.2) is 0 Å². The fraction of sp³-hybridized carbons (Fsp3) is 0. The molecule has 0 aliphatic carbocycles. The number of benzene rings is 2. The van der Waals surface area contributed by atoms with E-state index in [0.29, 0.717) is 0 Å². The van der Waals surface area contributed by atoms with Crippen LogP contribution in [0.2, 0.25) is 0 Å². The SMILES string of the molecule is O=C(O)c1ccc2c(-c3ccc4[nH]ccc4c3)n[nH]c2c1. The average Bonchev–Trinajstić information content (AvgIpc) is 3.12. The summed E-state index contributed by atoms with van der Waals surface area (Å²) in [6.45, 7) is 0. The van der Waals surface area contributed by atoms with Crippen molar-refractivity contribution < 1.29 is 9.90 Å². The molecular weight excluding hydrogens is 266 g/mol. The topological polar surface area (TPSA) is 81.8 Å². The Morgan fingerprint density at radius 3 is 2.81 bits per heavy atom. The highest BCUT2D eigenvalue weighted by Crippen LogP contribution is 2.29. The van der Waals surface area contributed by atoms with E-state index in [1.54, 1.807) is 18.2 Å². The lowest BCUT2D eigenvalue weighted by atomic mass is 10.0. The molecule has 102 valence electrons. The number of rotatable bonds is 2. The third-order valence-corrected chi connectivity index (χ3v) is 3.64. The second kappa shape index (κ2) is 4.21. The number of H-pyrrole nitrogens is 2. The van der Waals surface area contributed by atoms with Crippen molar-refractivity contribution in [3.8, 4) is 11.3 Å². The molecule has 2 aromatic carbocycles. The Labute approximate surface area is 119 Å². The Morgan fingerprint density at radius 2 is 1.95 bits per heavy atom. The van der Waals surface area contributed by atoms with Gasteiger partial charge in [0.1, 0.15) is 0 Å². The van der Waals surface area contributed by atoms with E-state index in [4.69, 9.17) is 5.11 Å². The van der Waals surface area contributed by atoms with Crippen LogP contribution in [0.15, 0.2) is 48.7 Å². The molecule has 0 unspecified atom stereocenters. The molecule has 0 saturated carbocycles. The van der Waals surface area contributed by atoms with E-state index in [2.05, 4.69) is 21.2 Å². The van der Waals surface area contributed by atoms with Crippen molar-refractivity contribution in [1.29, 1.82) is 0 Å². The standard InChI is InChI=1S/C16H11N3O2/c20-16(21)11-1-3-12-14(8-11)18-19-15(12)10-2-4-13-9(7-10)5-6-17-13/h1-8,17H,(H,18,19)(H,20,21). The van der Waals surface area contributed by atoms with Gasteiger partial charge in [0.05, 0.1) is 16.8 Å². The second-order valence-electron chi connectivity index (χ2n) is 4.92. The number of carboxylic acid groups (broad SMARTS) is 1. The maximum Gasteiger partial charge on any atom is 0.335 e. The van der Waals surface area contributed by atoms with Gasteiger partial charge in [-0.1, -0.05) is 6.07 Å². The van der Waals surface area contributed by atoms with Gasteiger partial charge in [0.2, 0.25) is 0 Å². The fourth-order valence-corrected chi connectivity index (χ4v) is 2.57. The monoisotopic (exact) mass is 277 g/mol. The number of aromatic nitrogens is 3. The highest BCUT2D eigenvalue weighted by Gasteiger charge is 2.11. The van der Waals surface area contributed by atoms with Crippen LogP contribution in [0.3, 0.4) is 0 Å². The van der Waals surface area contributed by atoms with E-state index in [1.807, 2.05) is 24.4 Å². The van der Waals surface area contributed by atoms with Crippen molar-refractivity contribution in [2.24, 2.45) is 0 Å². The maximum atomic E-state index is 11.0. The lowest BCUT2D eigenvalue weighted by molar-refractivity contribution is 0.0697. The lowest BCUT2D eigenvalue weighted by Gasteiger charge is -1.99. The third kappa shape index (κ3) is 1.79. The number of aromatic carboxylic acids is 1. The van der Waals surface area contributed by atoms with Gasteiger partial charge in [0.25, 0.3) is 0 Å². The Morgan fingerprint density at radius 1 is 1.05 bits per heavy atom. The van der Waals surface area contributed by atoms with Crippen LogP contribution in [0.4, 0.5) is 0 Å². The van der Waals surface area contributed by atoms with Crippen LogP contribution in [-0.2, 0) is 0 Å². The van der Waals surface area contributed by atoms with Gasteiger partial charge in [-0.25, -0.2) is 4.79 Å². The summed E-state index contributed by atoms with van der Waals surface area (Å²) >= 11 is 0. The van der Waals surface area contributed by atoms with E-state index in [9.17, 15) is 4.79 Å². The minimum Gasteiger partial charge on any atom is -0.478 e. The molecule has 2 aromatic heterocycles. The van der Waals surface area contributed by atoms with Crippen molar-refractivity contribution in [1.82, 2.24) is 15.2 Å². The van der Waals surface area contributed by atoms with Crippen molar-refractivity contribution in [3.05, 3.63) is 54.2 Å². The van der Waals surface area contributed by atoms with Crippen LogP contribution in [-0.4, -0.2) is 26.3 Å². The second-order valence-corrected chi connectivity index (χ2v) is 4.92. The summed E-state index contributed by atoms with van der Waals surface area (Å²) in [7, 11) is 0. The van der Waals surface area contributed by atoms with Gasteiger partial charge in [-0.2, -0.15) is 5.10 Å². The Bertz CT molecular complexity index is 981. The van der Waals surface area contributed by atoms with Gasteiger partial charge >= 0.3 is 5.97 Å². The Hall–Kier alpha value is -3.08. The molecule has 0 saturated heterocycles. The summed E-state index contributed by atoms with van der Waals surface area (Å²) in [4.78, 5) is 14.2. The molecule has 2 heterocycles. The maximum absolute atomic E-state index is 11.0. The van der Waals surface area contributed by atoms with E-state index in [0.717, 1.165) is 33.1 Å². The lowest BCUT2D eigenvalue weighted by Crippen LogP contribution is -1.94. The molecule has 4 aromatic rings. The first-order valence-electron chi connectivity index (χ1n) is 6.51. The summed E-state index contributed by atoms with van der Waals surface area (Å²) in [6, 6.07) is 13.1. The van der Waals surface area contributed by atoms with Crippen LogP contribution >= 0.6 is 0 Å². The van der Waals surface area contributed by atoms with Crippen molar-refractivity contribution in [2.75, 3.05) is 0 Å². The van der Waals surface area contributed by atoms with Crippen LogP contribution in [0, 0.1) is 0 Å². The van der Waals surface area contributed by atoms with Gasteiger partial charge < -0.3 is 10.1 Å². The summed E-state index contributed by atoms with van der Waals surface area (Å²) in [6.07, 6.45) is 1.90. The van der Waals surface area contributed by atoms with E-state index >= 15 is 0 Å². The first kappa shape index (κ1) is 11.7. The minimum atomic E-state index is -0.943. The van der Waals surface area contributed by atoms with Crippen molar-refractivity contribution >= 4 is 27.8 Å². The molecule has 0 bridgehead atoms. The number of nitrogens with zero attached hydrogens (tertiary/aromatic N) is 1. The fourth-order valence-electron chi connectivity index (χ4n) is 2.57. The summed E-state index contributed by atoms with van der Waals surface area (Å²) in [5.41, 5.74) is 3.87. The summed E-state index contributed by atoms with van der Waals surface area (Å²) in [5.74, 6) is -0.943. The summed E-state index contributed by atoms with van der Waals surface area (Å²) in [5, 5.41) is 18.3. The van der Waals surface area contributed by atoms with E-state index < -0.39 is 5.97 Å². The quantitative estimate of drug-likeness (QED) is 0.525. The normalized spacial score (nSPS) is 11.2. The number of nitrogens with one attached hydrogen (secondary N) is 2. The van der Waals surface area contributed by atoms with Gasteiger partial charge in [0, 0.05) is 28.0 Å². The highest BCUT2D eigenvalue weighted by atomic mass is 16.4. The molecule has 4 rings (SSSR count). The summed E-state index contributed by atoms with van der Waals surface area (Å²) < 4.78 is 0. The van der Waals surface area contributed by atoms with E-state index in [-0.39, 0.29) is 5.56 Å². The molecule has 21 heavy (non-hydrogen) atoms. The average molecular weight is 277 g/mol. The Kier molecular flexibility index (Phi) is 2.35. The number of hydrogen-bond donors (Lipinski definition) is 3. The first-order valence-corrected chi connectivity index (χ1v) is 6.51. The molecule has 0 atom stereocenters. The predicted molar refractivity (Wildman–Crippen MR) is 80.3 cm³/mol. The zero-order chi connectivity index (χ0) is 14.4. The zero-order valence-electron chi connectivity index (χ0n) is 10.9. The van der Waals surface area contributed by atoms with Crippen molar-refractivity contribution in [3.63, 3.8) is 0 Å². The highest BCUT2D eigenvalue weighted by molar-refractivity contribution is 5.99. The molecule has 3 N–H and O–H groups in total. The molecule has 5 heteroatoms. The number of aromatic amines is 2. The molecule has 0 aliphatic rings. The number of carboxylic acids is 1. The van der Waals surface area contributed by atoms with Gasteiger partial charge in [-0.15, -0.1) is 0 Å². The molecule has 5 nitrogen and oxygen atoms in total. The Balaban J connectivity index is 1.91. The zero-order valence-corrected chi connectivity index (χ0v) is 10.9. The predicted octanol–water partition coefficient (Wildman–Crippen LogP) is 3.41. The van der Waals surface area contributed by atoms with Gasteiger partial charge in [-0.05, 0) is 36.4 Å². The largest absolute Gasteiger partial charge is 0.478 e. The van der Waals surface area contributed by atoms with Crippen LogP contribution in [0.25, 0.3) is 33.1 Å². The number of fused-ring (bicyclic) bond motifs is 2.